The highest BCUT2D eigenvalue weighted by Crippen LogP contribution is 2.38. The quantitative estimate of drug-likeness (QED) is 0.402. The molecule has 2 saturated heterocycles. The van der Waals surface area contributed by atoms with E-state index in [0.29, 0.717) is 41.9 Å². The molecule has 2 atom stereocenters. The minimum atomic E-state index is -1.17. The van der Waals surface area contributed by atoms with Gasteiger partial charge in [-0.2, -0.15) is 9.97 Å². The molecule has 3 N–H and O–H groups in total. The van der Waals surface area contributed by atoms with Gasteiger partial charge in [-0.15, -0.1) is 0 Å². The van der Waals surface area contributed by atoms with E-state index < -0.39 is 18.4 Å². The van der Waals surface area contributed by atoms with Crippen LogP contribution in [-0.2, 0) is 4.79 Å². The van der Waals surface area contributed by atoms with Crippen molar-refractivity contribution < 1.29 is 24.1 Å². The van der Waals surface area contributed by atoms with Crippen LogP contribution in [0.15, 0.2) is 48.5 Å². The van der Waals surface area contributed by atoms with Crippen LogP contribution in [0.2, 0.25) is 0 Å². The minimum absolute atomic E-state index is 0.0309. The molecule has 0 spiro atoms. The monoisotopic (exact) mass is 474 g/mol. The molecule has 2 unspecified atom stereocenters. The molecule has 3 heterocycles. The van der Waals surface area contributed by atoms with Crippen molar-refractivity contribution in [2.24, 2.45) is 0 Å². The molecule has 0 saturated carbocycles. The predicted octanol–water partition coefficient (Wildman–Crippen LogP) is 3.70. The molecule has 35 heavy (non-hydrogen) atoms. The minimum Gasteiger partial charge on any atom is -0.508 e. The van der Waals surface area contributed by atoms with E-state index in [0.717, 1.165) is 23.6 Å². The first-order valence-electron chi connectivity index (χ1n) is 11.5. The number of benzene rings is 3. The molecular weight excluding hydrogens is 451 g/mol. The molecule has 2 aliphatic heterocycles. The molecule has 0 aliphatic carbocycles. The molecular formula is C26H23FN4O4. The van der Waals surface area contributed by atoms with Crippen molar-refractivity contribution in [3.8, 4) is 22.9 Å². The van der Waals surface area contributed by atoms with Gasteiger partial charge in [0.2, 0.25) is 0 Å². The lowest BCUT2D eigenvalue weighted by atomic mass is 9.96. The predicted molar refractivity (Wildman–Crippen MR) is 129 cm³/mol. The lowest BCUT2D eigenvalue weighted by Gasteiger charge is -2.34. The van der Waals surface area contributed by atoms with Crippen LogP contribution in [0.25, 0.3) is 32.8 Å². The van der Waals surface area contributed by atoms with E-state index >= 15 is 4.39 Å². The lowest BCUT2D eigenvalue weighted by molar-refractivity contribution is -0.139. The van der Waals surface area contributed by atoms with E-state index in [2.05, 4.69) is 20.2 Å². The van der Waals surface area contributed by atoms with Crippen LogP contribution in [0.4, 0.5) is 10.2 Å². The Hall–Kier alpha value is -3.98. The van der Waals surface area contributed by atoms with Crippen molar-refractivity contribution in [2.75, 3.05) is 24.6 Å². The number of carboxylic acids is 1. The number of anilines is 1. The summed E-state index contributed by atoms with van der Waals surface area (Å²) in [5, 5.41) is 25.0. The molecule has 178 valence electrons. The maximum Gasteiger partial charge on any atom is 0.341 e. The zero-order chi connectivity index (χ0) is 24.1. The van der Waals surface area contributed by atoms with Gasteiger partial charge in [-0.05, 0) is 47.4 Å². The summed E-state index contributed by atoms with van der Waals surface area (Å²) in [4.78, 5) is 21.9. The topological polar surface area (TPSA) is 108 Å². The highest BCUT2D eigenvalue weighted by atomic mass is 19.1. The average molecular weight is 474 g/mol. The van der Waals surface area contributed by atoms with Crippen LogP contribution in [0.5, 0.6) is 11.8 Å². The molecule has 6 rings (SSSR count). The van der Waals surface area contributed by atoms with Crippen LogP contribution in [0.3, 0.4) is 0 Å². The summed E-state index contributed by atoms with van der Waals surface area (Å²) in [5.74, 6) is -1.19. The molecule has 2 fully saturated rings. The molecule has 4 aromatic rings. The van der Waals surface area contributed by atoms with Gasteiger partial charge in [0.15, 0.2) is 12.4 Å². The number of ether oxygens (including phenoxy) is 1. The highest BCUT2D eigenvalue weighted by Gasteiger charge is 2.34. The Bertz CT molecular complexity index is 1470. The van der Waals surface area contributed by atoms with Crippen LogP contribution in [0.1, 0.15) is 12.8 Å². The van der Waals surface area contributed by atoms with E-state index in [9.17, 15) is 9.90 Å². The van der Waals surface area contributed by atoms with Crippen molar-refractivity contribution in [1.82, 2.24) is 15.3 Å². The number of aliphatic carboxylic acids is 1. The Morgan fingerprint density at radius 2 is 1.83 bits per heavy atom. The number of phenols is 1. The molecule has 0 amide bonds. The second-order valence-corrected chi connectivity index (χ2v) is 9.09. The molecule has 1 aromatic heterocycles. The number of aromatic nitrogens is 2. The van der Waals surface area contributed by atoms with E-state index in [1.54, 1.807) is 18.2 Å². The molecule has 0 radical (unpaired) electrons. The molecule has 2 bridgehead atoms. The maximum absolute atomic E-state index is 16.1. The number of fused-ring (bicyclic) bond motifs is 4. The molecule has 8 nitrogen and oxygen atoms in total. The number of piperazine rings is 1. The molecule has 9 heteroatoms. The number of carbonyl (C=O) groups is 1. The standard InChI is InChI=1S/C26H23FN4O4/c27-23-19(21-10-17(32)9-14-3-1-2-4-18(14)21)7-8-20-24(23)29-26(35-13-22(33)34)30-25(20)31-11-15-5-6-16(12-31)28-15/h1-4,7-10,15-16,28,32H,5-6,11-13H2,(H,33,34). The van der Waals surface area contributed by atoms with Crippen molar-refractivity contribution in [3.05, 3.63) is 54.3 Å². The third kappa shape index (κ3) is 3.87. The third-order valence-corrected chi connectivity index (χ3v) is 6.74. The number of nitrogens with one attached hydrogen (secondary N) is 1. The average Bonchev–Trinajstić information content (AvgIpc) is 3.19. The Morgan fingerprint density at radius 3 is 2.60 bits per heavy atom. The fourth-order valence-electron chi connectivity index (χ4n) is 5.25. The Labute approximate surface area is 200 Å². The summed E-state index contributed by atoms with van der Waals surface area (Å²) >= 11 is 0. The molecule has 3 aromatic carbocycles. The van der Waals surface area contributed by atoms with Gasteiger partial charge in [-0.1, -0.05) is 30.3 Å². The van der Waals surface area contributed by atoms with Gasteiger partial charge in [0.05, 0.1) is 0 Å². The van der Waals surface area contributed by atoms with Crippen molar-refractivity contribution in [3.63, 3.8) is 0 Å². The number of nitrogens with zero attached hydrogens (tertiary/aromatic N) is 3. The summed E-state index contributed by atoms with van der Waals surface area (Å²) < 4.78 is 21.4. The summed E-state index contributed by atoms with van der Waals surface area (Å²) in [5.41, 5.74) is 0.860. The SMILES string of the molecule is O=C(O)COc1nc(N2CC3CCC(C2)N3)c2ccc(-c3cc(O)cc4ccccc34)c(F)c2n1. The molecule has 2 aliphatic rings. The first-order valence-corrected chi connectivity index (χ1v) is 11.5. The fraction of sp³-hybridized carbons (Fsp3) is 0.269. The first-order chi connectivity index (χ1) is 17.0. The fourth-order valence-corrected chi connectivity index (χ4v) is 5.25. The maximum atomic E-state index is 16.1. The Kier molecular flexibility index (Phi) is 5.14. The van der Waals surface area contributed by atoms with Gasteiger partial charge < -0.3 is 25.2 Å². The number of halogens is 1. The Morgan fingerprint density at radius 1 is 1.06 bits per heavy atom. The van der Waals surface area contributed by atoms with Gasteiger partial charge >= 0.3 is 12.0 Å². The first kappa shape index (κ1) is 21.5. The van der Waals surface area contributed by atoms with Crippen LogP contribution in [0, 0.1) is 5.82 Å². The summed E-state index contributed by atoms with van der Waals surface area (Å²) in [6, 6.07) is 14.5. The lowest BCUT2D eigenvalue weighted by Crippen LogP contribution is -2.51. The van der Waals surface area contributed by atoms with Crippen LogP contribution in [-0.4, -0.2) is 57.9 Å². The second-order valence-electron chi connectivity index (χ2n) is 9.09. The van der Waals surface area contributed by atoms with E-state index in [-0.39, 0.29) is 22.8 Å². The summed E-state index contributed by atoms with van der Waals surface area (Å²) in [6.45, 7) is 0.791. The zero-order valence-corrected chi connectivity index (χ0v) is 18.7. The Balaban J connectivity index is 1.54. The summed E-state index contributed by atoms with van der Waals surface area (Å²) in [6.07, 6.45) is 2.13. The zero-order valence-electron chi connectivity index (χ0n) is 18.7. The largest absolute Gasteiger partial charge is 0.508 e. The number of carboxylic acid groups (broad SMARTS) is 1. The number of hydrogen-bond acceptors (Lipinski definition) is 7. The highest BCUT2D eigenvalue weighted by molar-refractivity contribution is 6.01. The van der Waals surface area contributed by atoms with Crippen LogP contribution < -0.4 is 15.0 Å². The smallest absolute Gasteiger partial charge is 0.341 e. The van der Waals surface area contributed by atoms with Crippen molar-refractivity contribution >= 4 is 33.5 Å². The van der Waals surface area contributed by atoms with Gasteiger partial charge in [0, 0.05) is 36.1 Å². The number of phenolic OH excluding ortho intramolecular Hbond substituents is 1. The van der Waals surface area contributed by atoms with Gasteiger partial charge in [-0.25, -0.2) is 9.18 Å². The van der Waals surface area contributed by atoms with Gasteiger partial charge in [0.25, 0.3) is 0 Å². The number of aromatic hydroxyl groups is 1. The number of hydrogen-bond donors (Lipinski definition) is 3. The van der Waals surface area contributed by atoms with E-state index in [4.69, 9.17) is 9.84 Å². The van der Waals surface area contributed by atoms with Gasteiger partial charge in [0.1, 0.15) is 17.1 Å². The summed E-state index contributed by atoms with van der Waals surface area (Å²) in [7, 11) is 0. The normalized spacial score (nSPS) is 19.4. The van der Waals surface area contributed by atoms with Crippen molar-refractivity contribution in [1.29, 1.82) is 0 Å². The van der Waals surface area contributed by atoms with Crippen LogP contribution >= 0.6 is 0 Å². The van der Waals surface area contributed by atoms with Gasteiger partial charge in [-0.3, -0.25) is 0 Å². The second kappa shape index (κ2) is 8.35. The number of rotatable bonds is 5. The van der Waals surface area contributed by atoms with E-state index in [1.807, 2.05) is 24.3 Å². The third-order valence-electron chi connectivity index (χ3n) is 6.74. The van der Waals surface area contributed by atoms with E-state index in [1.165, 1.54) is 6.07 Å². The van der Waals surface area contributed by atoms with Crippen molar-refractivity contribution in [2.45, 2.75) is 24.9 Å².